The quantitative estimate of drug-likeness (QED) is 0.826. The summed E-state index contributed by atoms with van der Waals surface area (Å²) in [6.07, 6.45) is 1.51. The van der Waals surface area contributed by atoms with Gasteiger partial charge in [-0.1, -0.05) is 0 Å². The predicted octanol–water partition coefficient (Wildman–Crippen LogP) is 1.31. The lowest BCUT2D eigenvalue weighted by atomic mass is 10.2. The number of ether oxygens (including phenoxy) is 1. The first-order chi connectivity index (χ1) is 8.28. The molecule has 0 spiro atoms. The molecule has 1 unspecified atom stereocenters. The highest BCUT2D eigenvalue weighted by molar-refractivity contribution is 5.67. The Morgan fingerprint density at radius 2 is 1.94 bits per heavy atom. The molecule has 18 heavy (non-hydrogen) atoms. The molecule has 1 heterocycles. The number of likely N-dealkylation sites (tertiary alicyclic amines) is 1. The standard InChI is InChI=1S/C13H26N2O3/c1-13(2,3)18-12(17)14(4)9-11(16)10-15-7-5-6-8-15/h11,16H,5-10H2,1-4H3. The van der Waals surface area contributed by atoms with Crippen molar-refractivity contribution in [1.29, 1.82) is 0 Å². The van der Waals surface area contributed by atoms with Crippen molar-refractivity contribution >= 4 is 6.09 Å². The zero-order valence-corrected chi connectivity index (χ0v) is 12.0. The molecule has 1 N–H and O–H groups in total. The summed E-state index contributed by atoms with van der Waals surface area (Å²) < 4.78 is 5.23. The Kier molecular flexibility index (Phi) is 5.41. The molecule has 0 aliphatic carbocycles. The Balaban J connectivity index is 2.29. The van der Waals surface area contributed by atoms with Gasteiger partial charge in [0.15, 0.2) is 0 Å². The van der Waals surface area contributed by atoms with Crippen molar-refractivity contribution in [3.05, 3.63) is 0 Å². The Morgan fingerprint density at radius 3 is 2.44 bits per heavy atom. The molecule has 0 aromatic heterocycles. The highest BCUT2D eigenvalue weighted by Gasteiger charge is 2.22. The lowest BCUT2D eigenvalue weighted by Crippen LogP contribution is -2.42. The van der Waals surface area contributed by atoms with Gasteiger partial charge in [-0.05, 0) is 46.7 Å². The van der Waals surface area contributed by atoms with Crippen molar-refractivity contribution in [1.82, 2.24) is 9.80 Å². The van der Waals surface area contributed by atoms with E-state index >= 15 is 0 Å². The first-order valence-corrected chi connectivity index (χ1v) is 6.62. The average Bonchev–Trinajstić information content (AvgIpc) is 2.67. The molecule has 0 aromatic rings. The maximum absolute atomic E-state index is 11.7. The summed E-state index contributed by atoms with van der Waals surface area (Å²) in [7, 11) is 1.65. The zero-order valence-electron chi connectivity index (χ0n) is 12.0. The van der Waals surface area contributed by atoms with Crippen LogP contribution in [0.25, 0.3) is 0 Å². The normalized spacial score (nSPS) is 18.7. The molecule has 5 nitrogen and oxygen atoms in total. The van der Waals surface area contributed by atoms with Crippen LogP contribution < -0.4 is 0 Å². The summed E-state index contributed by atoms with van der Waals surface area (Å²) in [6, 6.07) is 0. The van der Waals surface area contributed by atoms with E-state index in [1.165, 1.54) is 17.7 Å². The third-order valence-corrected chi connectivity index (χ3v) is 2.86. The molecule has 1 saturated heterocycles. The fourth-order valence-corrected chi connectivity index (χ4v) is 2.05. The summed E-state index contributed by atoms with van der Waals surface area (Å²) in [6.45, 7) is 8.54. The van der Waals surface area contributed by atoms with Gasteiger partial charge in [0.05, 0.1) is 12.6 Å². The third kappa shape index (κ3) is 5.69. The van der Waals surface area contributed by atoms with Gasteiger partial charge in [0.2, 0.25) is 0 Å². The van der Waals surface area contributed by atoms with Crippen molar-refractivity contribution < 1.29 is 14.6 Å². The van der Waals surface area contributed by atoms with Crippen LogP contribution in [0.15, 0.2) is 0 Å². The Morgan fingerprint density at radius 1 is 1.39 bits per heavy atom. The van der Waals surface area contributed by atoms with E-state index in [-0.39, 0.29) is 6.09 Å². The molecule has 5 heteroatoms. The number of amides is 1. The summed E-state index contributed by atoms with van der Waals surface area (Å²) in [4.78, 5) is 15.4. The molecular formula is C13H26N2O3. The van der Waals surface area contributed by atoms with E-state index in [0.717, 1.165) is 13.1 Å². The number of carbonyl (C=O) groups is 1. The molecular weight excluding hydrogens is 232 g/mol. The fraction of sp³-hybridized carbons (Fsp3) is 0.923. The van der Waals surface area contributed by atoms with E-state index in [4.69, 9.17) is 4.74 Å². The molecule has 1 fully saturated rings. The minimum absolute atomic E-state index is 0.311. The van der Waals surface area contributed by atoms with Crippen LogP contribution in [-0.2, 0) is 4.74 Å². The van der Waals surface area contributed by atoms with Crippen molar-refractivity contribution in [3.8, 4) is 0 Å². The summed E-state index contributed by atoms with van der Waals surface area (Å²) in [5.41, 5.74) is -0.495. The Labute approximate surface area is 110 Å². The SMILES string of the molecule is CN(CC(O)CN1CCCC1)C(=O)OC(C)(C)C. The monoisotopic (exact) mass is 258 g/mol. The van der Waals surface area contributed by atoms with Gasteiger partial charge < -0.3 is 19.6 Å². The van der Waals surface area contributed by atoms with Crippen LogP contribution in [0.1, 0.15) is 33.6 Å². The minimum Gasteiger partial charge on any atom is -0.444 e. The summed E-state index contributed by atoms with van der Waals surface area (Å²) in [5, 5.41) is 9.94. The van der Waals surface area contributed by atoms with E-state index in [1.54, 1.807) is 7.05 Å². The van der Waals surface area contributed by atoms with Gasteiger partial charge in [-0.2, -0.15) is 0 Å². The van der Waals surface area contributed by atoms with Gasteiger partial charge in [-0.25, -0.2) is 4.79 Å². The summed E-state index contributed by atoms with van der Waals surface area (Å²) >= 11 is 0. The fourth-order valence-electron chi connectivity index (χ4n) is 2.05. The largest absolute Gasteiger partial charge is 0.444 e. The molecule has 1 aliphatic heterocycles. The van der Waals surface area contributed by atoms with E-state index in [2.05, 4.69) is 4.90 Å². The van der Waals surface area contributed by atoms with Crippen molar-refractivity contribution in [2.24, 2.45) is 0 Å². The molecule has 0 radical (unpaired) electrons. The third-order valence-electron chi connectivity index (χ3n) is 2.86. The van der Waals surface area contributed by atoms with Gasteiger partial charge in [0, 0.05) is 13.6 Å². The molecule has 1 aliphatic rings. The Hall–Kier alpha value is -0.810. The number of aliphatic hydroxyl groups is 1. The van der Waals surface area contributed by atoms with Crippen LogP contribution in [0.4, 0.5) is 4.79 Å². The molecule has 1 amide bonds. The molecule has 1 atom stereocenters. The number of rotatable bonds is 4. The molecule has 1 rings (SSSR count). The smallest absolute Gasteiger partial charge is 0.410 e. The van der Waals surface area contributed by atoms with Gasteiger partial charge >= 0.3 is 6.09 Å². The molecule has 0 bridgehead atoms. The second-order valence-corrected chi connectivity index (χ2v) is 6.02. The number of hydrogen-bond donors (Lipinski definition) is 1. The maximum atomic E-state index is 11.7. The molecule has 106 valence electrons. The van der Waals surface area contributed by atoms with Gasteiger partial charge in [0.25, 0.3) is 0 Å². The number of hydrogen-bond acceptors (Lipinski definition) is 4. The summed E-state index contributed by atoms with van der Waals surface area (Å²) in [5.74, 6) is 0. The van der Waals surface area contributed by atoms with E-state index in [1.807, 2.05) is 20.8 Å². The lowest BCUT2D eigenvalue weighted by molar-refractivity contribution is 0.0175. The predicted molar refractivity (Wildman–Crippen MR) is 70.5 cm³/mol. The second-order valence-electron chi connectivity index (χ2n) is 6.02. The van der Waals surface area contributed by atoms with Gasteiger partial charge in [-0.15, -0.1) is 0 Å². The maximum Gasteiger partial charge on any atom is 0.410 e. The molecule has 0 saturated carbocycles. The second kappa shape index (κ2) is 6.38. The van der Waals surface area contributed by atoms with Crippen LogP contribution >= 0.6 is 0 Å². The number of aliphatic hydroxyl groups excluding tert-OH is 1. The van der Waals surface area contributed by atoms with E-state index < -0.39 is 11.7 Å². The van der Waals surface area contributed by atoms with Crippen molar-refractivity contribution in [2.45, 2.75) is 45.3 Å². The first-order valence-electron chi connectivity index (χ1n) is 6.62. The first kappa shape index (κ1) is 15.2. The topological polar surface area (TPSA) is 53.0 Å². The Bertz CT molecular complexity index is 270. The van der Waals surface area contributed by atoms with Crippen LogP contribution in [-0.4, -0.2) is 65.9 Å². The molecule has 0 aromatic carbocycles. The van der Waals surface area contributed by atoms with Crippen LogP contribution in [0.3, 0.4) is 0 Å². The lowest BCUT2D eigenvalue weighted by Gasteiger charge is -2.27. The van der Waals surface area contributed by atoms with Gasteiger partial charge in [-0.3, -0.25) is 0 Å². The number of carbonyl (C=O) groups excluding carboxylic acids is 1. The average molecular weight is 258 g/mol. The highest BCUT2D eigenvalue weighted by atomic mass is 16.6. The van der Waals surface area contributed by atoms with E-state index in [0.29, 0.717) is 13.1 Å². The minimum atomic E-state index is -0.513. The van der Waals surface area contributed by atoms with Crippen LogP contribution in [0, 0.1) is 0 Å². The van der Waals surface area contributed by atoms with Gasteiger partial charge in [0.1, 0.15) is 5.60 Å². The van der Waals surface area contributed by atoms with Crippen LogP contribution in [0.2, 0.25) is 0 Å². The van der Waals surface area contributed by atoms with Crippen molar-refractivity contribution in [3.63, 3.8) is 0 Å². The van der Waals surface area contributed by atoms with Crippen molar-refractivity contribution in [2.75, 3.05) is 33.2 Å². The highest BCUT2D eigenvalue weighted by Crippen LogP contribution is 2.11. The van der Waals surface area contributed by atoms with Crippen LogP contribution in [0.5, 0.6) is 0 Å². The number of nitrogens with zero attached hydrogens (tertiary/aromatic N) is 2. The number of likely N-dealkylation sites (N-methyl/N-ethyl adjacent to an activating group) is 1. The van der Waals surface area contributed by atoms with E-state index in [9.17, 15) is 9.90 Å². The number of β-amino-alcohol motifs (C(OH)–C–C–N with tert-alkyl or cyclic N) is 1. The zero-order chi connectivity index (χ0) is 13.8.